The standard InChI is InChI=1S/C16H22O7S/c1-2-3-4-5-6-7-15(17)22-12-16(18)23-13-8-10-14(11-9-13)24(19,20)21/h8-11H,2-7,12H2,1H3,(H,19,20,21). The van der Waals surface area contributed by atoms with Gasteiger partial charge in [0.1, 0.15) is 5.75 Å². The van der Waals surface area contributed by atoms with Gasteiger partial charge in [-0.05, 0) is 30.7 Å². The second kappa shape index (κ2) is 10.0. The Morgan fingerprint density at radius 3 is 2.21 bits per heavy atom. The first-order valence-corrected chi connectivity index (χ1v) is 9.20. The second-order valence-corrected chi connectivity index (χ2v) is 6.67. The maximum absolute atomic E-state index is 11.5. The van der Waals surface area contributed by atoms with E-state index < -0.39 is 28.7 Å². The molecule has 0 aliphatic carbocycles. The summed E-state index contributed by atoms with van der Waals surface area (Å²) in [5.74, 6) is -1.14. The van der Waals surface area contributed by atoms with E-state index in [-0.39, 0.29) is 17.1 Å². The summed E-state index contributed by atoms with van der Waals surface area (Å²) in [6, 6.07) is 4.63. The molecule has 1 rings (SSSR count). The predicted octanol–water partition coefficient (Wildman–Crippen LogP) is 2.74. The maximum Gasteiger partial charge on any atom is 0.349 e. The number of ether oxygens (including phenoxy) is 2. The molecule has 24 heavy (non-hydrogen) atoms. The summed E-state index contributed by atoms with van der Waals surface area (Å²) in [6.07, 6.45) is 5.28. The Morgan fingerprint density at radius 1 is 1.00 bits per heavy atom. The monoisotopic (exact) mass is 358 g/mol. The van der Waals surface area contributed by atoms with Crippen molar-refractivity contribution in [1.82, 2.24) is 0 Å². The minimum atomic E-state index is -4.29. The van der Waals surface area contributed by atoms with Gasteiger partial charge in [-0.25, -0.2) is 4.79 Å². The molecular formula is C16H22O7S. The highest BCUT2D eigenvalue weighted by atomic mass is 32.2. The Kier molecular flexibility index (Phi) is 8.42. The Morgan fingerprint density at radius 2 is 1.62 bits per heavy atom. The second-order valence-electron chi connectivity index (χ2n) is 5.25. The highest BCUT2D eigenvalue weighted by Crippen LogP contribution is 2.15. The Labute approximate surface area is 141 Å². The average Bonchev–Trinajstić information content (AvgIpc) is 2.52. The van der Waals surface area contributed by atoms with E-state index in [4.69, 9.17) is 14.0 Å². The third-order valence-electron chi connectivity index (χ3n) is 3.19. The van der Waals surface area contributed by atoms with Crippen LogP contribution in [0.4, 0.5) is 0 Å². The minimum Gasteiger partial charge on any atom is -0.454 e. The lowest BCUT2D eigenvalue weighted by atomic mass is 10.1. The molecule has 0 saturated heterocycles. The van der Waals surface area contributed by atoms with Crippen LogP contribution < -0.4 is 4.74 Å². The van der Waals surface area contributed by atoms with Crippen LogP contribution in [0.5, 0.6) is 5.75 Å². The van der Waals surface area contributed by atoms with Gasteiger partial charge in [-0.15, -0.1) is 0 Å². The SMILES string of the molecule is CCCCCCCC(=O)OCC(=O)Oc1ccc(S(=O)(=O)O)cc1. The van der Waals surface area contributed by atoms with Crippen LogP contribution in [0.1, 0.15) is 45.4 Å². The van der Waals surface area contributed by atoms with Crippen LogP contribution in [-0.4, -0.2) is 31.5 Å². The number of carbonyl (C=O) groups is 2. The van der Waals surface area contributed by atoms with Crippen LogP contribution in [0, 0.1) is 0 Å². The zero-order valence-electron chi connectivity index (χ0n) is 13.6. The summed E-state index contributed by atoms with van der Waals surface area (Å²) in [5.41, 5.74) is 0. The van der Waals surface area contributed by atoms with E-state index in [0.29, 0.717) is 0 Å². The molecule has 0 spiro atoms. The van der Waals surface area contributed by atoms with Gasteiger partial charge in [0.2, 0.25) is 0 Å². The molecule has 1 aromatic rings. The van der Waals surface area contributed by atoms with Gasteiger partial charge < -0.3 is 9.47 Å². The highest BCUT2D eigenvalue weighted by Gasteiger charge is 2.12. The molecule has 0 radical (unpaired) electrons. The van der Waals surface area contributed by atoms with Crippen molar-refractivity contribution < 1.29 is 32.0 Å². The lowest BCUT2D eigenvalue weighted by Crippen LogP contribution is -2.18. The van der Waals surface area contributed by atoms with E-state index in [1.807, 2.05) is 0 Å². The van der Waals surface area contributed by atoms with Crippen LogP contribution in [-0.2, 0) is 24.4 Å². The first-order valence-electron chi connectivity index (χ1n) is 7.76. The molecule has 1 N–H and O–H groups in total. The summed E-state index contributed by atoms with van der Waals surface area (Å²) in [4.78, 5) is 22.7. The van der Waals surface area contributed by atoms with Crippen LogP contribution in [0.3, 0.4) is 0 Å². The average molecular weight is 358 g/mol. The number of unbranched alkanes of at least 4 members (excludes halogenated alkanes) is 4. The molecule has 0 aromatic heterocycles. The number of hydrogen-bond donors (Lipinski definition) is 1. The summed E-state index contributed by atoms with van der Waals surface area (Å²) in [7, 11) is -4.29. The molecule has 134 valence electrons. The van der Waals surface area contributed by atoms with Gasteiger partial charge in [0.05, 0.1) is 4.90 Å². The lowest BCUT2D eigenvalue weighted by Gasteiger charge is -2.06. The first-order chi connectivity index (χ1) is 11.3. The molecule has 0 amide bonds. The Balaban J connectivity index is 2.30. The van der Waals surface area contributed by atoms with Crippen LogP contribution in [0.15, 0.2) is 29.2 Å². The molecule has 0 atom stereocenters. The van der Waals surface area contributed by atoms with Crippen LogP contribution in [0.2, 0.25) is 0 Å². The molecule has 0 aliphatic rings. The predicted molar refractivity (Wildman–Crippen MR) is 86.2 cm³/mol. The summed E-state index contributed by atoms with van der Waals surface area (Å²) in [6.45, 7) is 1.60. The largest absolute Gasteiger partial charge is 0.454 e. The molecule has 0 unspecified atom stereocenters. The van der Waals surface area contributed by atoms with Gasteiger partial charge in [-0.3, -0.25) is 9.35 Å². The number of hydrogen-bond acceptors (Lipinski definition) is 6. The summed E-state index contributed by atoms with van der Waals surface area (Å²) < 4.78 is 40.3. The Hall–Kier alpha value is -1.93. The fourth-order valence-corrected chi connectivity index (χ4v) is 2.41. The topological polar surface area (TPSA) is 107 Å². The van der Waals surface area contributed by atoms with Crippen LogP contribution >= 0.6 is 0 Å². The van der Waals surface area contributed by atoms with Crippen molar-refractivity contribution in [3.05, 3.63) is 24.3 Å². The zero-order chi connectivity index (χ0) is 18.0. The van der Waals surface area contributed by atoms with Gasteiger partial charge in [0.25, 0.3) is 10.1 Å². The molecule has 0 saturated carbocycles. The van der Waals surface area contributed by atoms with E-state index in [9.17, 15) is 18.0 Å². The van der Waals surface area contributed by atoms with Gasteiger partial charge >= 0.3 is 11.9 Å². The van der Waals surface area contributed by atoms with Crippen molar-refractivity contribution in [1.29, 1.82) is 0 Å². The van der Waals surface area contributed by atoms with Gasteiger partial charge in [-0.1, -0.05) is 32.6 Å². The number of carbonyl (C=O) groups excluding carboxylic acids is 2. The molecule has 0 fully saturated rings. The fourth-order valence-electron chi connectivity index (χ4n) is 1.93. The molecule has 7 nitrogen and oxygen atoms in total. The van der Waals surface area contributed by atoms with Gasteiger partial charge in [0, 0.05) is 6.42 Å². The molecule has 8 heteroatoms. The van der Waals surface area contributed by atoms with Crippen molar-refractivity contribution in [3.8, 4) is 5.75 Å². The summed E-state index contributed by atoms with van der Waals surface area (Å²) >= 11 is 0. The van der Waals surface area contributed by atoms with E-state index in [0.717, 1.165) is 44.2 Å². The Bertz CT molecular complexity index is 635. The molecule has 0 heterocycles. The van der Waals surface area contributed by atoms with E-state index >= 15 is 0 Å². The number of esters is 2. The van der Waals surface area contributed by atoms with Crippen molar-refractivity contribution in [2.24, 2.45) is 0 Å². The number of rotatable bonds is 10. The van der Waals surface area contributed by atoms with Crippen molar-refractivity contribution >= 4 is 22.1 Å². The zero-order valence-corrected chi connectivity index (χ0v) is 14.4. The summed E-state index contributed by atoms with van der Waals surface area (Å²) in [5, 5.41) is 0. The molecule has 1 aromatic carbocycles. The molecule has 0 aliphatic heterocycles. The quantitative estimate of drug-likeness (QED) is 0.296. The van der Waals surface area contributed by atoms with Gasteiger partial charge in [0.15, 0.2) is 6.61 Å². The van der Waals surface area contributed by atoms with E-state index in [2.05, 4.69) is 6.92 Å². The lowest BCUT2D eigenvalue weighted by molar-refractivity contribution is -0.153. The van der Waals surface area contributed by atoms with Crippen molar-refractivity contribution in [2.75, 3.05) is 6.61 Å². The smallest absolute Gasteiger partial charge is 0.349 e. The maximum atomic E-state index is 11.5. The fraction of sp³-hybridized carbons (Fsp3) is 0.500. The first kappa shape index (κ1) is 20.1. The van der Waals surface area contributed by atoms with Crippen molar-refractivity contribution in [3.63, 3.8) is 0 Å². The van der Waals surface area contributed by atoms with Crippen molar-refractivity contribution in [2.45, 2.75) is 50.3 Å². The van der Waals surface area contributed by atoms with Crippen LogP contribution in [0.25, 0.3) is 0 Å². The third kappa shape index (κ3) is 8.07. The van der Waals surface area contributed by atoms with E-state index in [1.54, 1.807) is 0 Å². The van der Waals surface area contributed by atoms with Gasteiger partial charge in [-0.2, -0.15) is 8.42 Å². The highest BCUT2D eigenvalue weighted by molar-refractivity contribution is 7.85. The number of benzene rings is 1. The molecule has 0 bridgehead atoms. The van der Waals surface area contributed by atoms with E-state index in [1.165, 1.54) is 12.1 Å². The normalized spacial score (nSPS) is 11.1. The molecular weight excluding hydrogens is 336 g/mol. The minimum absolute atomic E-state index is 0.0861. The third-order valence-corrected chi connectivity index (χ3v) is 4.06.